The molecule has 5 heteroatoms. The van der Waals surface area contributed by atoms with Crippen molar-refractivity contribution in [3.63, 3.8) is 0 Å². The average Bonchev–Trinajstić information content (AvgIpc) is 3.20. The van der Waals surface area contributed by atoms with Gasteiger partial charge in [0.25, 0.3) is 0 Å². The van der Waals surface area contributed by atoms with E-state index >= 15 is 0 Å². The summed E-state index contributed by atoms with van der Waals surface area (Å²) in [6, 6.07) is 18.5. The first kappa shape index (κ1) is 19.0. The summed E-state index contributed by atoms with van der Waals surface area (Å²) in [7, 11) is 0. The first-order chi connectivity index (χ1) is 13.4. The number of benzene rings is 3. The second-order valence-corrected chi connectivity index (χ2v) is 8.76. The van der Waals surface area contributed by atoms with Crippen molar-refractivity contribution in [1.29, 1.82) is 0 Å². The standard InChI is InChI=1S/C23H20Cl2N2O/c1-23(2)19(12-20(24)25)21(23)22(28)27-26-13-18-16-9-5-3-7-14(16)11-15-8-4-6-10-17(15)18/h3-13,19,21H,1-2H3,(H,27,28)/b26-13+/t19-,21+/m1/s1. The molecule has 1 amide bonds. The number of halogens is 2. The molecule has 3 nitrogen and oxygen atoms in total. The normalized spacial score (nSPS) is 20.4. The van der Waals surface area contributed by atoms with Crippen LogP contribution >= 0.6 is 23.2 Å². The van der Waals surface area contributed by atoms with E-state index in [9.17, 15) is 4.79 Å². The maximum atomic E-state index is 12.6. The largest absolute Gasteiger partial charge is 0.273 e. The van der Waals surface area contributed by atoms with Crippen molar-refractivity contribution < 1.29 is 4.79 Å². The Labute approximate surface area is 174 Å². The molecule has 2 atom stereocenters. The molecular weight excluding hydrogens is 391 g/mol. The molecular formula is C23H20Cl2N2O. The molecule has 1 aliphatic carbocycles. The molecule has 1 fully saturated rings. The minimum Gasteiger partial charge on any atom is -0.273 e. The van der Waals surface area contributed by atoms with E-state index in [1.807, 2.05) is 38.1 Å². The fourth-order valence-corrected chi connectivity index (χ4v) is 4.31. The van der Waals surface area contributed by atoms with Gasteiger partial charge in [-0.3, -0.25) is 4.79 Å². The summed E-state index contributed by atoms with van der Waals surface area (Å²) in [4.78, 5) is 12.6. The summed E-state index contributed by atoms with van der Waals surface area (Å²) in [5.74, 6) is -0.297. The van der Waals surface area contributed by atoms with Crippen molar-refractivity contribution in [2.24, 2.45) is 22.4 Å². The molecule has 0 unspecified atom stereocenters. The van der Waals surface area contributed by atoms with Crippen LogP contribution in [0, 0.1) is 17.3 Å². The van der Waals surface area contributed by atoms with Crippen LogP contribution in [0.1, 0.15) is 19.4 Å². The number of rotatable bonds is 4. The monoisotopic (exact) mass is 410 g/mol. The van der Waals surface area contributed by atoms with Crippen molar-refractivity contribution in [2.45, 2.75) is 13.8 Å². The predicted molar refractivity (Wildman–Crippen MR) is 118 cm³/mol. The van der Waals surface area contributed by atoms with Crippen LogP contribution in [-0.4, -0.2) is 12.1 Å². The van der Waals surface area contributed by atoms with Crippen molar-refractivity contribution in [3.8, 4) is 0 Å². The van der Waals surface area contributed by atoms with Gasteiger partial charge in [0, 0.05) is 5.56 Å². The number of fused-ring (bicyclic) bond motifs is 2. The van der Waals surface area contributed by atoms with Crippen LogP contribution in [0.2, 0.25) is 0 Å². The van der Waals surface area contributed by atoms with Crippen molar-refractivity contribution in [1.82, 2.24) is 5.43 Å². The molecule has 0 radical (unpaired) electrons. The SMILES string of the molecule is CC1(C)[C@H](C=C(Cl)Cl)[C@H]1C(=O)N/N=C/c1c2ccccc2cc2ccccc12. The Hall–Kier alpha value is -2.36. The Kier molecular flexibility index (Phi) is 4.90. The van der Waals surface area contributed by atoms with Crippen LogP contribution in [0.4, 0.5) is 0 Å². The molecule has 28 heavy (non-hydrogen) atoms. The third-order valence-electron chi connectivity index (χ3n) is 5.68. The van der Waals surface area contributed by atoms with Crippen molar-refractivity contribution >= 4 is 56.9 Å². The molecule has 1 aliphatic rings. The van der Waals surface area contributed by atoms with E-state index in [1.165, 1.54) is 0 Å². The van der Waals surface area contributed by atoms with Crippen LogP contribution < -0.4 is 5.43 Å². The van der Waals surface area contributed by atoms with Gasteiger partial charge in [-0.25, -0.2) is 5.43 Å². The molecule has 3 aromatic carbocycles. The summed E-state index contributed by atoms with van der Waals surface area (Å²) in [6.07, 6.45) is 3.46. The number of carbonyl (C=O) groups excluding carboxylic acids is 1. The summed E-state index contributed by atoms with van der Waals surface area (Å²) < 4.78 is 0.194. The molecule has 0 aliphatic heterocycles. The Bertz CT molecular complexity index is 1080. The van der Waals surface area contributed by atoms with Gasteiger partial charge in [-0.1, -0.05) is 85.6 Å². The van der Waals surface area contributed by atoms with Gasteiger partial charge >= 0.3 is 0 Å². The van der Waals surface area contributed by atoms with Crippen LogP contribution in [0.5, 0.6) is 0 Å². The number of allylic oxidation sites excluding steroid dienone is 1. The summed E-state index contributed by atoms with van der Waals surface area (Å²) in [5, 5.41) is 8.74. The number of nitrogens with one attached hydrogen (secondary N) is 1. The molecule has 1 N–H and O–H groups in total. The molecule has 0 aromatic heterocycles. The fourth-order valence-electron chi connectivity index (χ4n) is 4.04. The molecule has 0 saturated heterocycles. The molecule has 1 saturated carbocycles. The third-order valence-corrected chi connectivity index (χ3v) is 5.93. The lowest BCUT2D eigenvalue weighted by atomic mass is 9.97. The maximum Gasteiger partial charge on any atom is 0.244 e. The maximum absolute atomic E-state index is 12.6. The van der Waals surface area contributed by atoms with Gasteiger partial charge in [-0.15, -0.1) is 0 Å². The minimum atomic E-state index is -0.193. The van der Waals surface area contributed by atoms with Gasteiger partial charge in [0.2, 0.25) is 5.91 Å². The van der Waals surface area contributed by atoms with Gasteiger partial charge in [-0.05, 0) is 45.0 Å². The molecule has 0 heterocycles. The first-order valence-electron chi connectivity index (χ1n) is 9.16. The van der Waals surface area contributed by atoms with E-state index < -0.39 is 0 Å². The molecule has 3 aromatic rings. The van der Waals surface area contributed by atoms with E-state index in [2.05, 4.69) is 40.9 Å². The molecule has 4 rings (SSSR count). The Morgan fingerprint density at radius 2 is 1.61 bits per heavy atom. The zero-order valence-electron chi connectivity index (χ0n) is 15.6. The number of hydrogen-bond acceptors (Lipinski definition) is 2. The highest BCUT2D eigenvalue weighted by Crippen LogP contribution is 2.59. The molecule has 0 bridgehead atoms. The topological polar surface area (TPSA) is 41.5 Å². The Morgan fingerprint density at radius 1 is 1.04 bits per heavy atom. The fraction of sp³-hybridized carbons (Fsp3) is 0.217. The second-order valence-electron chi connectivity index (χ2n) is 7.75. The lowest BCUT2D eigenvalue weighted by Crippen LogP contribution is -2.22. The van der Waals surface area contributed by atoms with Gasteiger partial charge in [0.1, 0.15) is 4.49 Å². The second kappa shape index (κ2) is 7.23. The zero-order chi connectivity index (χ0) is 19.9. The lowest BCUT2D eigenvalue weighted by Gasteiger charge is -2.08. The number of amides is 1. The smallest absolute Gasteiger partial charge is 0.244 e. The highest BCUT2D eigenvalue weighted by atomic mass is 35.5. The molecule has 0 spiro atoms. The van der Waals surface area contributed by atoms with E-state index in [-0.39, 0.29) is 27.6 Å². The predicted octanol–water partition coefficient (Wildman–Crippen LogP) is 6.03. The van der Waals surface area contributed by atoms with Crippen LogP contribution in [0.3, 0.4) is 0 Å². The summed E-state index contributed by atoms with van der Waals surface area (Å²) in [5.41, 5.74) is 3.51. The number of carbonyl (C=O) groups is 1. The zero-order valence-corrected chi connectivity index (χ0v) is 17.1. The van der Waals surface area contributed by atoms with Gasteiger partial charge in [0.05, 0.1) is 12.1 Å². The average molecular weight is 411 g/mol. The Morgan fingerprint density at radius 3 is 2.18 bits per heavy atom. The van der Waals surface area contributed by atoms with Crippen molar-refractivity contribution in [3.05, 3.63) is 70.7 Å². The van der Waals surface area contributed by atoms with E-state index in [0.29, 0.717) is 0 Å². The number of hydrogen-bond donors (Lipinski definition) is 1. The van der Waals surface area contributed by atoms with Crippen LogP contribution in [0.15, 0.2) is 70.3 Å². The van der Waals surface area contributed by atoms with Gasteiger partial charge in [0.15, 0.2) is 0 Å². The third kappa shape index (κ3) is 3.41. The highest BCUT2D eigenvalue weighted by Gasteiger charge is 2.60. The van der Waals surface area contributed by atoms with Crippen molar-refractivity contribution in [2.75, 3.05) is 0 Å². The van der Waals surface area contributed by atoms with E-state index in [0.717, 1.165) is 27.1 Å². The Balaban J connectivity index is 1.62. The first-order valence-corrected chi connectivity index (χ1v) is 9.91. The molecule has 142 valence electrons. The quantitative estimate of drug-likeness (QED) is 0.318. The lowest BCUT2D eigenvalue weighted by molar-refractivity contribution is -0.123. The van der Waals surface area contributed by atoms with E-state index in [1.54, 1.807) is 12.3 Å². The van der Waals surface area contributed by atoms with Gasteiger partial charge < -0.3 is 0 Å². The van der Waals surface area contributed by atoms with Crippen LogP contribution in [-0.2, 0) is 4.79 Å². The van der Waals surface area contributed by atoms with E-state index in [4.69, 9.17) is 23.2 Å². The summed E-state index contributed by atoms with van der Waals surface area (Å²) in [6.45, 7) is 4.05. The summed E-state index contributed by atoms with van der Waals surface area (Å²) >= 11 is 11.5. The van der Waals surface area contributed by atoms with Gasteiger partial charge in [-0.2, -0.15) is 5.10 Å². The number of hydrazone groups is 1. The highest BCUT2D eigenvalue weighted by molar-refractivity contribution is 6.55. The minimum absolute atomic E-state index is 0.0195. The number of nitrogens with zero attached hydrogens (tertiary/aromatic N) is 1. The van der Waals surface area contributed by atoms with Crippen LogP contribution in [0.25, 0.3) is 21.5 Å².